The van der Waals surface area contributed by atoms with E-state index in [0.717, 1.165) is 18.4 Å². The van der Waals surface area contributed by atoms with Gasteiger partial charge < -0.3 is 14.9 Å². The van der Waals surface area contributed by atoms with Gasteiger partial charge >= 0.3 is 0 Å². The Hall–Kier alpha value is -0.640. The van der Waals surface area contributed by atoms with Gasteiger partial charge in [0, 0.05) is 5.92 Å². The summed E-state index contributed by atoms with van der Waals surface area (Å²) >= 11 is 0. The van der Waals surface area contributed by atoms with Crippen molar-refractivity contribution in [2.75, 3.05) is 0 Å². The first-order valence-electron chi connectivity index (χ1n) is 9.13. The van der Waals surface area contributed by atoms with Crippen LogP contribution in [0.15, 0.2) is 24.3 Å². The van der Waals surface area contributed by atoms with Crippen molar-refractivity contribution in [3.05, 3.63) is 24.3 Å². The Morgan fingerprint density at radius 1 is 1.22 bits per heavy atom. The molecule has 2 saturated heterocycles. The molecular weight excluding hydrogens is 288 g/mol. The Labute approximate surface area is 140 Å². The lowest BCUT2D eigenvalue weighted by Crippen LogP contribution is -2.48. The minimum atomic E-state index is -0.909. The van der Waals surface area contributed by atoms with Gasteiger partial charge in [0.2, 0.25) is 0 Å². The van der Waals surface area contributed by atoms with Crippen molar-refractivity contribution >= 4 is 0 Å². The molecule has 2 aliphatic heterocycles. The molecule has 0 amide bonds. The minimum Gasteiger partial charge on any atom is -0.389 e. The van der Waals surface area contributed by atoms with E-state index in [-0.39, 0.29) is 18.1 Å². The second-order valence-electron chi connectivity index (χ2n) is 8.58. The van der Waals surface area contributed by atoms with E-state index in [1.54, 1.807) is 0 Å². The third-order valence-electron chi connectivity index (χ3n) is 6.58. The molecule has 2 bridgehead atoms. The first kappa shape index (κ1) is 17.2. The van der Waals surface area contributed by atoms with E-state index in [4.69, 9.17) is 4.74 Å². The largest absolute Gasteiger partial charge is 0.389 e. The highest BCUT2D eigenvalue weighted by Crippen LogP contribution is 2.54. The summed E-state index contributed by atoms with van der Waals surface area (Å²) in [4.78, 5) is 0. The molecule has 0 radical (unpaired) electrons. The summed E-state index contributed by atoms with van der Waals surface area (Å²) in [5.41, 5.74) is 1.19. The molecule has 3 aliphatic rings. The van der Waals surface area contributed by atoms with E-state index in [1.165, 1.54) is 5.57 Å². The van der Waals surface area contributed by atoms with Gasteiger partial charge in [-0.1, -0.05) is 32.6 Å². The zero-order valence-electron chi connectivity index (χ0n) is 14.8. The van der Waals surface area contributed by atoms with Crippen LogP contribution in [0.3, 0.4) is 0 Å². The van der Waals surface area contributed by atoms with Gasteiger partial charge in [-0.2, -0.15) is 0 Å². The second kappa shape index (κ2) is 6.02. The first-order chi connectivity index (χ1) is 10.7. The van der Waals surface area contributed by atoms with Gasteiger partial charge in [-0.05, 0) is 62.4 Å². The van der Waals surface area contributed by atoms with Gasteiger partial charge in [0.25, 0.3) is 0 Å². The van der Waals surface area contributed by atoms with Crippen molar-refractivity contribution < 1.29 is 14.9 Å². The highest BCUT2D eigenvalue weighted by molar-refractivity contribution is 5.20. The fourth-order valence-corrected chi connectivity index (χ4v) is 5.22. The number of ether oxygens (including phenoxy) is 1. The first-order valence-corrected chi connectivity index (χ1v) is 9.13. The standard InChI is InChI=1S/C20H32O3/c1-11(2)14-7-6-12(3)17-16-10-13(4)15(21)8-9-20(5,22)19(23-16)18(14)17/h11,14-19,21-22H,3-4,6-10H2,1-2,5H3/t14-,15-,16?,17?,18?,19?,20-/m0/s1. The average Bonchev–Trinajstić information content (AvgIpc) is 2.86. The van der Waals surface area contributed by atoms with Crippen LogP contribution >= 0.6 is 0 Å². The maximum atomic E-state index is 11.1. The third kappa shape index (κ3) is 2.92. The predicted octanol–water partition coefficient (Wildman–Crippen LogP) is 3.46. The summed E-state index contributed by atoms with van der Waals surface area (Å²) in [6.45, 7) is 14.9. The monoisotopic (exact) mass is 320 g/mol. The van der Waals surface area contributed by atoms with Gasteiger partial charge in [0.1, 0.15) is 0 Å². The molecule has 4 unspecified atom stereocenters. The van der Waals surface area contributed by atoms with Crippen LogP contribution in [0.4, 0.5) is 0 Å². The Kier molecular flexibility index (Phi) is 4.50. The molecule has 23 heavy (non-hydrogen) atoms. The molecular formula is C20H32O3. The smallest absolute Gasteiger partial charge is 0.0900 e. The van der Waals surface area contributed by atoms with Crippen LogP contribution in [0.1, 0.15) is 52.9 Å². The number of hydrogen-bond acceptors (Lipinski definition) is 3. The van der Waals surface area contributed by atoms with Crippen molar-refractivity contribution in [2.24, 2.45) is 23.7 Å². The summed E-state index contributed by atoms with van der Waals surface area (Å²) in [6.07, 6.45) is 3.27. The van der Waals surface area contributed by atoms with Crippen molar-refractivity contribution in [3.8, 4) is 0 Å². The molecule has 2 heterocycles. The van der Waals surface area contributed by atoms with Crippen molar-refractivity contribution in [1.82, 2.24) is 0 Å². The zero-order valence-corrected chi connectivity index (χ0v) is 14.8. The van der Waals surface area contributed by atoms with Crippen LogP contribution in [0, 0.1) is 23.7 Å². The maximum absolute atomic E-state index is 11.1. The van der Waals surface area contributed by atoms with Crippen LogP contribution in [-0.2, 0) is 4.74 Å². The van der Waals surface area contributed by atoms with Gasteiger partial charge in [-0.3, -0.25) is 0 Å². The summed E-state index contributed by atoms with van der Waals surface area (Å²) in [6, 6.07) is 0. The van der Waals surface area contributed by atoms with Crippen LogP contribution in [0.2, 0.25) is 0 Å². The van der Waals surface area contributed by atoms with E-state index in [0.29, 0.717) is 37.0 Å². The normalized spacial score (nSPS) is 47.9. The second-order valence-corrected chi connectivity index (χ2v) is 8.58. The van der Waals surface area contributed by atoms with Gasteiger partial charge in [-0.15, -0.1) is 0 Å². The predicted molar refractivity (Wildman–Crippen MR) is 92.0 cm³/mol. The Morgan fingerprint density at radius 2 is 1.91 bits per heavy atom. The van der Waals surface area contributed by atoms with E-state index in [1.807, 2.05) is 6.92 Å². The molecule has 2 N–H and O–H groups in total. The van der Waals surface area contributed by atoms with E-state index in [9.17, 15) is 10.2 Å². The lowest BCUT2D eigenvalue weighted by Gasteiger charge is -2.44. The summed E-state index contributed by atoms with van der Waals surface area (Å²) in [5.74, 6) is 1.76. The number of fused-ring (bicyclic) bond motifs is 5. The van der Waals surface area contributed by atoms with E-state index < -0.39 is 11.7 Å². The SMILES string of the molecule is C=C1CC[C@@H](C(C)C)C2C1C1CC(=C)[C@@H](O)CC[C@](C)(O)C2O1. The van der Waals surface area contributed by atoms with Crippen molar-refractivity contribution in [3.63, 3.8) is 0 Å². The molecule has 0 spiro atoms. The molecule has 3 fully saturated rings. The highest BCUT2D eigenvalue weighted by atomic mass is 16.5. The van der Waals surface area contributed by atoms with Crippen LogP contribution in [0.25, 0.3) is 0 Å². The lowest BCUT2D eigenvalue weighted by atomic mass is 9.61. The molecule has 130 valence electrons. The van der Waals surface area contributed by atoms with E-state index >= 15 is 0 Å². The van der Waals surface area contributed by atoms with Gasteiger partial charge in [0.05, 0.1) is 23.9 Å². The highest BCUT2D eigenvalue weighted by Gasteiger charge is 2.56. The summed E-state index contributed by atoms with van der Waals surface area (Å²) in [5, 5.41) is 21.4. The van der Waals surface area contributed by atoms with Gasteiger partial charge in [-0.25, -0.2) is 0 Å². The number of hydrogen-bond donors (Lipinski definition) is 2. The topological polar surface area (TPSA) is 49.7 Å². The Balaban J connectivity index is 2.01. The molecule has 7 atom stereocenters. The number of rotatable bonds is 1. The van der Waals surface area contributed by atoms with Gasteiger partial charge in [0.15, 0.2) is 0 Å². The fourth-order valence-electron chi connectivity index (χ4n) is 5.22. The molecule has 1 saturated carbocycles. The summed E-state index contributed by atoms with van der Waals surface area (Å²) < 4.78 is 6.43. The molecule has 3 rings (SSSR count). The van der Waals surface area contributed by atoms with Crippen LogP contribution in [0.5, 0.6) is 0 Å². The van der Waals surface area contributed by atoms with Crippen molar-refractivity contribution in [1.29, 1.82) is 0 Å². The molecule has 3 nitrogen and oxygen atoms in total. The average molecular weight is 320 g/mol. The molecule has 0 aromatic heterocycles. The molecule has 3 heteroatoms. The van der Waals surface area contributed by atoms with Crippen molar-refractivity contribution in [2.45, 2.75) is 76.8 Å². The fraction of sp³-hybridized carbons (Fsp3) is 0.800. The number of aliphatic hydroxyl groups excluding tert-OH is 1. The minimum absolute atomic E-state index is 0.00535. The summed E-state index contributed by atoms with van der Waals surface area (Å²) in [7, 11) is 0. The molecule has 0 aromatic rings. The maximum Gasteiger partial charge on any atom is 0.0900 e. The van der Waals surface area contributed by atoms with Crippen LogP contribution < -0.4 is 0 Å². The van der Waals surface area contributed by atoms with Crippen LogP contribution in [-0.4, -0.2) is 34.1 Å². The van der Waals surface area contributed by atoms with E-state index in [2.05, 4.69) is 27.0 Å². The zero-order chi connectivity index (χ0) is 16.9. The lowest BCUT2D eigenvalue weighted by molar-refractivity contribution is -0.117. The number of aliphatic hydroxyl groups is 2. The molecule has 1 aliphatic carbocycles. The Morgan fingerprint density at radius 3 is 2.57 bits per heavy atom. The molecule has 0 aromatic carbocycles. The quantitative estimate of drug-likeness (QED) is 0.728. The Bertz CT molecular complexity index is 493. The third-order valence-corrected chi connectivity index (χ3v) is 6.58.